The molecule has 2 aromatic carbocycles. The third-order valence-corrected chi connectivity index (χ3v) is 3.71. The molecule has 3 heteroatoms. The molecule has 100 valence electrons. The van der Waals surface area contributed by atoms with Crippen molar-refractivity contribution in [2.75, 3.05) is 7.11 Å². The number of benzene rings is 2. The molecule has 0 amide bonds. The first-order chi connectivity index (χ1) is 9.06. The average Bonchev–Trinajstić information content (AvgIpc) is 2.42. The maximum absolute atomic E-state index is 6.34. The molecule has 0 aliphatic heterocycles. The topological polar surface area (TPSA) is 35.2 Å². The fourth-order valence-electron chi connectivity index (χ4n) is 2.11. The van der Waals surface area contributed by atoms with Crippen molar-refractivity contribution in [2.24, 2.45) is 5.73 Å². The van der Waals surface area contributed by atoms with E-state index in [-0.39, 0.29) is 0 Å². The van der Waals surface area contributed by atoms with Crippen molar-refractivity contribution in [1.82, 2.24) is 0 Å². The predicted octanol–water partition coefficient (Wildman–Crippen LogP) is 4.09. The summed E-state index contributed by atoms with van der Waals surface area (Å²) in [6.45, 7) is 4.59. The van der Waals surface area contributed by atoms with Crippen molar-refractivity contribution < 1.29 is 4.74 Å². The van der Waals surface area contributed by atoms with Gasteiger partial charge in [-0.15, -0.1) is 0 Å². The van der Waals surface area contributed by atoms with Crippen molar-refractivity contribution in [3.8, 4) is 16.9 Å². The summed E-state index contributed by atoms with van der Waals surface area (Å²) in [7, 11) is 1.65. The molecular formula is C16H18ClNO. The second-order valence-corrected chi connectivity index (χ2v) is 5.05. The Morgan fingerprint density at radius 3 is 2.42 bits per heavy atom. The summed E-state index contributed by atoms with van der Waals surface area (Å²) in [5.74, 6) is 0.811. The second-order valence-electron chi connectivity index (χ2n) is 4.65. The average molecular weight is 276 g/mol. The summed E-state index contributed by atoms with van der Waals surface area (Å²) in [5.41, 5.74) is 11.2. The lowest BCUT2D eigenvalue weighted by molar-refractivity contribution is 0.410. The van der Waals surface area contributed by atoms with Gasteiger partial charge in [-0.1, -0.05) is 17.7 Å². The highest BCUT2D eigenvalue weighted by atomic mass is 35.5. The zero-order chi connectivity index (χ0) is 14.0. The second kappa shape index (κ2) is 5.64. The van der Waals surface area contributed by atoms with Gasteiger partial charge in [-0.3, -0.25) is 0 Å². The Kier molecular flexibility index (Phi) is 4.13. The maximum atomic E-state index is 6.34. The van der Waals surface area contributed by atoms with Gasteiger partial charge in [-0.2, -0.15) is 0 Å². The third-order valence-electron chi connectivity index (χ3n) is 3.39. The summed E-state index contributed by atoms with van der Waals surface area (Å²) in [6, 6.07) is 10.1. The lowest BCUT2D eigenvalue weighted by Gasteiger charge is -2.12. The minimum Gasteiger partial charge on any atom is -0.496 e. The Morgan fingerprint density at radius 1 is 1.11 bits per heavy atom. The number of hydrogen-bond acceptors (Lipinski definition) is 2. The Morgan fingerprint density at radius 2 is 1.79 bits per heavy atom. The van der Waals surface area contributed by atoms with E-state index in [2.05, 4.69) is 19.9 Å². The molecule has 0 saturated heterocycles. The molecule has 0 unspecified atom stereocenters. The Hall–Kier alpha value is -1.51. The van der Waals surface area contributed by atoms with Crippen LogP contribution in [-0.2, 0) is 6.54 Å². The molecule has 2 aromatic rings. The van der Waals surface area contributed by atoms with Crippen LogP contribution in [0.2, 0.25) is 5.02 Å². The zero-order valence-electron chi connectivity index (χ0n) is 11.5. The molecule has 0 radical (unpaired) electrons. The predicted molar refractivity (Wildman–Crippen MR) is 80.8 cm³/mol. The minimum absolute atomic E-state index is 0.444. The molecule has 0 fully saturated rings. The third kappa shape index (κ3) is 2.75. The van der Waals surface area contributed by atoms with Gasteiger partial charge >= 0.3 is 0 Å². The number of halogens is 1. The summed E-state index contributed by atoms with van der Waals surface area (Å²) >= 11 is 6.34. The first kappa shape index (κ1) is 13.9. The Bertz CT molecular complexity index is 608. The summed E-state index contributed by atoms with van der Waals surface area (Å²) in [4.78, 5) is 0. The van der Waals surface area contributed by atoms with Crippen molar-refractivity contribution >= 4 is 11.6 Å². The fourth-order valence-corrected chi connectivity index (χ4v) is 2.44. The van der Waals surface area contributed by atoms with Crippen LogP contribution in [-0.4, -0.2) is 7.11 Å². The SMILES string of the molecule is COc1ccc(-c2cc(C)c(C)cc2Cl)cc1CN. The number of aryl methyl sites for hydroxylation is 2. The van der Waals surface area contributed by atoms with Gasteiger partial charge in [0.1, 0.15) is 5.75 Å². The van der Waals surface area contributed by atoms with Crippen LogP contribution in [0.15, 0.2) is 30.3 Å². The maximum Gasteiger partial charge on any atom is 0.123 e. The molecule has 2 rings (SSSR count). The van der Waals surface area contributed by atoms with Gasteiger partial charge in [0, 0.05) is 22.7 Å². The number of ether oxygens (including phenoxy) is 1. The smallest absolute Gasteiger partial charge is 0.123 e. The highest BCUT2D eigenvalue weighted by Crippen LogP contribution is 2.33. The Balaban J connectivity index is 2.56. The fraction of sp³-hybridized carbons (Fsp3) is 0.250. The highest BCUT2D eigenvalue weighted by Gasteiger charge is 2.09. The van der Waals surface area contributed by atoms with Crippen molar-refractivity contribution in [3.05, 3.63) is 52.0 Å². The largest absolute Gasteiger partial charge is 0.496 e. The minimum atomic E-state index is 0.444. The molecule has 19 heavy (non-hydrogen) atoms. The molecule has 2 nitrogen and oxygen atoms in total. The standard InChI is InChI=1S/C16H18ClNO/c1-10-6-14(15(17)7-11(10)2)12-4-5-16(19-3)13(8-12)9-18/h4-8H,9,18H2,1-3H3. The van der Waals surface area contributed by atoms with Crippen LogP contribution < -0.4 is 10.5 Å². The lowest BCUT2D eigenvalue weighted by atomic mass is 9.98. The van der Waals surface area contributed by atoms with Gasteiger partial charge in [0.2, 0.25) is 0 Å². The summed E-state index contributed by atoms with van der Waals surface area (Å²) in [5, 5.41) is 0.760. The molecule has 0 atom stereocenters. The van der Waals surface area contributed by atoms with E-state index in [1.54, 1.807) is 7.11 Å². The van der Waals surface area contributed by atoms with E-state index in [9.17, 15) is 0 Å². The molecule has 0 saturated carbocycles. The van der Waals surface area contributed by atoms with Gasteiger partial charge in [-0.05, 0) is 54.8 Å². The summed E-state index contributed by atoms with van der Waals surface area (Å²) in [6.07, 6.45) is 0. The monoisotopic (exact) mass is 275 g/mol. The molecular weight excluding hydrogens is 258 g/mol. The van der Waals surface area contributed by atoms with Gasteiger partial charge in [0.25, 0.3) is 0 Å². The van der Waals surface area contributed by atoms with Crippen LogP contribution in [0, 0.1) is 13.8 Å². The molecule has 2 N–H and O–H groups in total. The van der Waals surface area contributed by atoms with Gasteiger partial charge in [0.15, 0.2) is 0 Å². The van der Waals surface area contributed by atoms with Crippen molar-refractivity contribution in [2.45, 2.75) is 20.4 Å². The van der Waals surface area contributed by atoms with Crippen molar-refractivity contribution in [3.63, 3.8) is 0 Å². The zero-order valence-corrected chi connectivity index (χ0v) is 12.2. The first-order valence-corrected chi connectivity index (χ1v) is 6.58. The van der Waals surface area contributed by atoms with E-state index in [0.29, 0.717) is 6.54 Å². The van der Waals surface area contributed by atoms with E-state index in [1.165, 1.54) is 11.1 Å². The molecule has 0 bridgehead atoms. The molecule has 0 spiro atoms. The lowest BCUT2D eigenvalue weighted by Crippen LogP contribution is -2.00. The highest BCUT2D eigenvalue weighted by molar-refractivity contribution is 6.33. The van der Waals surface area contributed by atoms with Crippen LogP contribution in [0.1, 0.15) is 16.7 Å². The first-order valence-electron chi connectivity index (χ1n) is 6.21. The molecule has 0 aliphatic rings. The van der Waals surface area contributed by atoms with Crippen LogP contribution in [0.25, 0.3) is 11.1 Å². The Labute approximate surface area is 119 Å². The normalized spacial score (nSPS) is 10.6. The molecule has 0 aromatic heterocycles. The van der Waals surface area contributed by atoms with E-state index in [1.807, 2.05) is 24.3 Å². The van der Waals surface area contributed by atoms with E-state index in [4.69, 9.17) is 22.1 Å². The van der Waals surface area contributed by atoms with E-state index in [0.717, 1.165) is 27.5 Å². The van der Waals surface area contributed by atoms with Gasteiger partial charge < -0.3 is 10.5 Å². The van der Waals surface area contributed by atoms with Crippen molar-refractivity contribution in [1.29, 1.82) is 0 Å². The molecule has 0 aliphatic carbocycles. The van der Waals surface area contributed by atoms with Crippen LogP contribution in [0.3, 0.4) is 0 Å². The van der Waals surface area contributed by atoms with E-state index >= 15 is 0 Å². The molecule has 0 heterocycles. The van der Waals surface area contributed by atoms with Gasteiger partial charge in [0.05, 0.1) is 7.11 Å². The number of nitrogens with two attached hydrogens (primary N) is 1. The van der Waals surface area contributed by atoms with Crippen LogP contribution in [0.4, 0.5) is 0 Å². The van der Waals surface area contributed by atoms with Crippen LogP contribution in [0.5, 0.6) is 5.75 Å². The van der Waals surface area contributed by atoms with Crippen LogP contribution >= 0.6 is 11.6 Å². The number of hydrogen-bond donors (Lipinski definition) is 1. The number of methoxy groups -OCH3 is 1. The van der Waals surface area contributed by atoms with Gasteiger partial charge in [-0.25, -0.2) is 0 Å². The summed E-state index contributed by atoms with van der Waals surface area (Å²) < 4.78 is 5.29. The number of rotatable bonds is 3. The quantitative estimate of drug-likeness (QED) is 0.916. The van der Waals surface area contributed by atoms with E-state index < -0.39 is 0 Å².